The molecule has 0 saturated carbocycles. The lowest BCUT2D eigenvalue weighted by molar-refractivity contribution is 0.267. The Morgan fingerprint density at radius 1 is 1.17 bits per heavy atom. The number of hydrogen-bond donors (Lipinski definition) is 2. The molecule has 0 amide bonds. The van der Waals surface area contributed by atoms with E-state index in [0.29, 0.717) is 6.04 Å². The summed E-state index contributed by atoms with van der Waals surface area (Å²) in [4.78, 5) is 9.37. The van der Waals surface area contributed by atoms with Gasteiger partial charge in [-0.15, -0.1) is 24.0 Å². The molecule has 5 nitrogen and oxygen atoms in total. The number of unbranched alkanes of at least 4 members (excludes halogenated alkanes) is 1. The van der Waals surface area contributed by atoms with E-state index in [1.807, 2.05) is 7.05 Å². The molecule has 0 aromatic heterocycles. The fourth-order valence-electron chi connectivity index (χ4n) is 3.18. The molecule has 0 bridgehead atoms. The van der Waals surface area contributed by atoms with E-state index in [-0.39, 0.29) is 24.0 Å². The van der Waals surface area contributed by atoms with Gasteiger partial charge in [0.2, 0.25) is 0 Å². The first kappa shape index (κ1) is 22.9. The Balaban J connectivity index is 0.00000484. The van der Waals surface area contributed by atoms with Crippen molar-refractivity contribution in [2.75, 3.05) is 52.9 Å². The molecule has 23 heavy (non-hydrogen) atoms. The third kappa shape index (κ3) is 9.10. The average molecular weight is 439 g/mol. The van der Waals surface area contributed by atoms with E-state index in [9.17, 15) is 0 Å². The van der Waals surface area contributed by atoms with Crippen molar-refractivity contribution in [1.29, 1.82) is 0 Å². The Bertz CT molecular complexity index is 307. The van der Waals surface area contributed by atoms with Gasteiger partial charge < -0.3 is 15.5 Å². The van der Waals surface area contributed by atoms with E-state index in [2.05, 4.69) is 46.2 Å². The van der Waals surface area contributed by atoms with E-state index >= 15 is 0 Å². The van der Waals surface area contributed by atoms with Crippen molar-refractivity contribution in [1.82, 2.24) is 20.4 Å². The predicted octanol–water partition coefficient (Wildman–Crippen LogP) is 2.38. The average Bonchev–Trinajstić information content (AvgIpc) is 3.01. The zero-order valence-electron chi connectivity index (χ0n) is 15.6. The van der Waals surface area contributed by atoms with E-state index < -0.39 is 0 Å². The second-order valence-electron chi connectivity index (χ2n) is 6.04. The van der Waals surface area contributed by atoms with Gasteiger partial charge in [0, 0.05) is 26.2 Å². The fraction of sp³-hybridized carbons (Fsp3) is 0.941. The summed E-state index contributed by atoms with van der Waals surface area (Å²) in [5.41, 5.74) is 0. The first-order valence-corrected chi connectivity index (χ1v) is 9.16. The lowest BCUT2D eigenvalue weighted by atomic mass is 10.2. The Morgan fingerprint density at radius 3 is 2.52 bits per heavy atom. The number of hydrogen-bond acceptors (Lipinski definition) is 3. The molecule has 138 valence electrons. The van der Waals surface area contributed by atoms with Crippen LogP contribution in [0.2, 0.25) is 0 Å². The third-order valence-electron chi connectivity index (χ3n) is 4.72. The summed E-state index contributed by atoms with van der Waals surface area (Å²) in [6.07, 6.45) is 5.08. The number of nitrogens with one attached hydrogen (secondary N) is 2. The lowest BCUT2D eigenvalue weighted by Crippen LogP contribution is -2.45. The van der Waals surface area contributed by atoms with Crippen molar-refractivity contribution in [3.05, 3.63) is 0 Å². The van der Waals surface area contributed by atoms with Crippen LogP contribution in [0.15, 0.2) is 4.99 Å². The quantitative estimate of drug-likeness (QED) is 0.238. The number of rotatable bonds is 10. The van der Waals surface area contributed by atoms with Crippen molar-refractivity contribution < 1.29 is 0 Å². The molecule has 0 aromatic rings. The molecule has 0 aromatic carbocycles. The molecule has 1 atom stereocenters. The van der Waals surface area contributed by atoms with Gasteiger partial charge in [-0.25, -0.2) is 0 Å². The minimum atomic E-state index is 0. The minimum Gasteiger partial charge on any atom is -0.356 e. The second-order valence-corrected chi connectivity index (χ2v) is 6.04. The van der Waals surface area contributed by atoms with Crippen LogP contribution in [-0.4, -0.2) is 74.7 Å². The van der Waals surface area contributed by atoms with Crippen LogP contribution in [0.3, 0.4) is 0 Å². The van der Waals surface area contributed by atoms with Crippen LogP contribution in [0, 0.1) is 0 Å². The lowest BCUT2D eigenvalue weighted by Gasteiger charge is -2.24. The van der Waals surface area contributed by atoms with Crippen molar-refractivity contribution >= 4 is 29.9 Å². The minimum absolute atomic E-state index is 0. The molecule has 0 spiro atoms. The van der Waals surface area contributed by atoms with Crippen LogP contribution < -0.4 is 10.6 Å². The molecule has 6 heteroatoms. The molecular formula is C17H38IN5. The SMILES string of the molecule is CCN(CC)CCCCNC(=NC)NCC1CCCN1CC.I. The highest BCUT2D eigenvalue weighted by Gasteiger charge is 2.22. The Kier molecular flexibility index (Phi) is 14.2. The van der Waals surface area contributed by atoms with Crippen molar-refractivity contribution in [3.63, 3.8) is 0 Å². The summed E-state index contributed by atoms with van der Waals surface area (Å²) in [6.45, 7) is 14.6. The number of likely N-dealkylation sites (N-methyl/N-ethyl adjacent to an activating group) is 1. The van der Waals surface area contributed by atoms with Crippen LogP contribution >= 0.6 is 24.0 Å². The molecule has 1 saturated heterocycles. The highest BCUT2D eigenvalue weighted by Crippen LogP contribution is 2.15. The van der Waals surface area contributed by atoms with Gasteiger partial charge in [-0.2, -0.15) is 0 Å². The van der Waals surface area contributed by atoms with E-state index in [1.165, 1.54) is 38.8 Å². The fourth-order valence-corrected chi connectivity index (χ4v) is 3.18. The molecule has 1 rings (SSSR count). The van der Waals surface area contributed by atoms with Crippen LogP contribution in [0.5, 0.6) is 0 Å². The number of nitrogens with zero attached hydrogens (tertiary/aromatic N) is 3. The highest BCUT2D eigenvalue weighted by molar-refractivity contribution is 14.0. The first-order valence-electron chi connectivity index (χ1n) is 9.16. The second kappa shape index (κ2) is 14.3. The summed E-state index contributed by atoms with van der Waals surface area (Å²) < 4.78 is 0. The molecule has 0 aliphatic carbocycles. The van der Waals surface area contributed by atoms with Crippen molar-refractivity contribution in [3.8, 4) is 0 Å². The third-order valence-corrected chi connectivity index (χ3v) is 4.72. The summed E-state index contributed by atoms with van der Waals surface area (Å²) in [5.74, 6) is 0.950. The van der Waals surface area contributed by atoms with Gasteiger partial charge in [-0.05, 0) is 58.4 Å². The molecule has 1 aliphatic rings. The maximum atomic E-state index is 4.33. The van der Waals surface area contributed by atoms with E-state index in [4.69, 9.17) is 0 Å². The zero-order valence-corrected chi connectivity index (χ0v) is 17.9. The maximum absolute atomic E-state index is 4.33. The number of halogens is 1. The van der Waals surface area contributed by atoms with Crippen LogP contribution in [0.1, 0.15) is 46.5 Å². The van der Waals surface area contributed by atoms with Gasteiger partial charge in [0.05, 0.1) is 0 Å². The maximum Gasteiger partial charge on any atom is 0.191 e. The predicted molar refractivity (Wildman–Crippen MR) is 112 cm³/mol. The Labute approximate surface area is 160 Å². The summed E-state index contributed by atoms with van der Waals surface area (Å²) in [5, 5.41) is 6.92. The summed E-state index contributed by atoms with van der Waals surface area (Å²) in [7, 11) is 1.86. The zero-order chi connectivity index (χ0) is 16.2. The topological polar surface area (TPSA) is 42.9 Å². The Morgan fingerprint density at radius 2 is 1.91 bits per heavy atom. The standard InChI is InChI=1S/C17H37N5.HI/c1-5-21(6-2)13-9-8-12-19-17(18-4)20-15-16-11-10-14-22(16)7-3;/h16H,5-15H2,1-4H3,(H2,18,19,20);1H. The van der Waals surface area contributed by atoms with Gasteiger partial charge in [-0.3, -0.25) is 9.89 Å². The highest BCUT2D eigenvalue weighted by atomic mass is 127. The summed E-state index contributed by atoms with van der Waals surface area (Å²) >= 11 is 0. The van der Waals surface area contributed by atoms with Crippen LogP contribution in [-0.2, 0) is 0 Å². The van der Waals surface area contributed by atoms with Crippen molar-refractivity contribution in [2.45, 2.75) is 52.5 Å². The normalized spacial score (nSPS) is 19.0. The Hall–Kier alpha value is -0.0800. The van der Waals surface area contributed by atoms with Gasteiger partial charge >= 0.3 is 0 Å². The first-order chi connectivity index (χ1) is 10.7. The molecule has 0 radical (unpaired) electrons. The number of guanidine groups is 1. The molecule has 1 aliphatic heterocycles. The van der Waals surface area contributed by atoms with E-state index in [1.54, 1.807) is 0 Å². The monoisotopic (exact) mass is 439 g/mol. The van der Waals surface area contributed by atoms with Crippen LogP contribution in [0.25, 0.3) is 0 Å². The summed E-state index contributed by atoms with van der Waals surface area (Å²) in [6, 6.07) is 0.672. The molecule has 1 fully saturated rings. The largest absolute Gasteiger partial charge is 0.356 e. The smallest absolute Gasteiger partial charge is 0.191 e. The van der Waals surface area contributed by atoms with Crippen LogP contribution in [0.4, 0.5) is 0 Å². The number of likely N-dealkylation sites (tertiary alicyclic amines) is 1. The van der Waals surface area contributed by atoms with Gasteiger partial charge in [-0.1, -0.05) is 20.8 Å². The number of aliphatic imine (C=N–C) groups is 1. The molecule has 2 N–H and O–H groups in total. The molecule has 1 unspecified atom stereocenters. The van der Waals surface area contributed by atoms with Gasteiger partial charge in [0.1, 0.15) is 0 Å². The molecule has 1 heterocycles. The molecular weight excluding hydrogens is 401 g/mol. The van der Waals surface area contributed by atoms with E-state index in [0.717, 1.165) is 38.7 Å². The van der Waals surface area contributed by atoms with Gasteiger partial charge in [0.25, 0.3) is 0 Å². The van der Waals surface area contributed by atoms with Crippen molar-refractivity contribution in [2.24, 2.45) is 4.99 Å². The van der Waals surface area contributed by atoms with Gasteiger partial charge in [0.15, 0.2) is 5.96 Å².